The molecule has 0 heterocycles. The maximum Gasteiger partial charge on any atom is 0.255 e. The molecule has 0 aliphatic rings. The summed E-state index contributed by atoms with van der Waals surface area (Å²) in [5.41, 5.74) is 1.60. The number of ether oxygens (including phenoxy) is 1. The van der Waals surface area contributed by atoms with E-state index in [9.17, 15) is 13.2 Å². The molecule has 0 aliphatic carbocycles. The second-order valence-electron chi connectivity index (χ2n) is 6.05. The number of aryl methyl sites for hydroxylation is 1. The minimum Gasteiger partial charge on any atom is -0.495 e. The van der Waals surface area contributed by atoms with Crippen LogP contribution in [0.15, 0.2) is 41.3 Å². The van der Waals surface area contributed by atoms with Crippen LogP contribution < -0.4 is 14.8 Å². The average Bonchev–Trinajstić information content (AvgIpc) is 2.55. The largest absolute Gasteiger partial charge is 0.495 e. The SMILES string of the molecule is COc1ccc(C(=O)Nc2ccc(Cl)cc2C)cc1S(=O)(=O)NC(C)C. The van der Waals surface area contributed by atoms with Gasteiger partial charge in [-0.3, -0.25) is 4.79 Å². The zero-order valence-electron chi connectivity index (χ0n) is 15.0. The van der Waals surface area contributed by atoms with Crippen molar-refractivity contribution < 1.29 is 17.9 Å². The molecule has 0 aromatic heterocycles. The number of carbonyl (C=O) groups excluding carboxylic acids is 1. The van der Waals surface area contributed by atoms with Crippen molar-refractivity contribution in [3.05, 3.63) is 52.5 Å². The number of sulfonamides is 1. The summed E-state index contributed by atoms with van der Waals surface area (Å²) in [4.78, 5) is 12.5. The molecule has 8 heteroatoms. The summed E-state index contributed by atoms with van der Waals surface area (Å²) in [6, 6.07) is 9.06. The standard InChI is InChI=1S/C18H21ClN2O4S/c1-11(2)21-26(23,24)17-10-13(5-8-16(17)25-4)18(22)20-15-7-6-14(19)9-12(15)3/h5-11,21H,1-4H3,(H,20,22). The van der Waals surface area contributed by atoms with Gasteiger partial charge in [-0.1, -0.05) is 11.6 Å². The zero-order chi connectivity index (χ0) is 19.5. The van der Waals surface area contributed by atoms with Crippen molar-refractivity contribution in [2.45, 2.75) is 31.7 Å². The summed E-state index contributed by atoms with van der Waals surface area (Å²) in [5, 5.41) is 3.32. The first-order chi connectivity index (χ1) is 12.1. The van der Waals surface area contributed by atoms with Gasteiger partial charge in [0.25, 0.3) is 5.91 Å². The molecule has 1 amide bonds. The van der Waals surface area contributed by atoms with Crippen LogP contribution in [0.3, 0.4) is 0 Å². The van der Waals surface area contributed by atoms with Gasteiger partial charge >= 0.3 is 0 Å². The molecule has 0 unspecified atom stereocenters. The average molecular weight is 397 g/mol. The van der Waals surface area contributed by atoms with Gasteiger partial charge in [0.2, 0.25) is 10.0 Å². The fourth-order valence-corrected chi connectivity index (χ4v) is 4.04. The van der Waals surface area contributed by atoms with Crippen molar-refractivity contribution in [1.82, 2.24) is 4.72 Å². The summed E-state index contributed by atoms with van der Waals surface area (Å²) in [7, 11) is -2.44. The lowest BCUT2D eigenvalue weighted by atomic mass is 10.1. The van der Waals surface area contributed by atoms with Gasteiger partial charge < -0.3 is 10.1 Å². The van der Waals surface area contributed by atoms with Gasteiger partial charge in [-0.2, -0.15) is 0 Å². The molecule has 0 fully saturated rings. The van der Waals surface area contributed by atoms with E-state index in [1.54, 1.807) is 32.0 Å². The van der Waals surface area contributed by atoms with Crippen LogP contribution in [0.1, 0.15) is 29.8 Å². The monoisotopic (exact) mass is 396 g/mol. The molecule has 0 saturated heterocycles. The van der Waals surface area contributed by atoms with E-state index in [4.69, 9.17) is 16.3 Å². The fourth-order valence-electron chi connectivity index (χ4n) is 2.36. The predicted octanol–water partition coefficient (Wildman–Crippen LogP) is 3.60. The van der Waals surface area contributed by atoms with Crippen LogP contribution in [0.4, 0.5) is 5.69 Å². The van der Waals surface area contributed by atoms with Crippen molar-refractivity contribution >= 4 is 33.2 Å². The minimum absolute atomic E-state index is 0.0887. The Hall–Kier alpha value is -2.09. The number of benzene rings is 2. The van der Waals surface area contributed by atoms with Gasteiger partial charge in [0, 0.05) is 22.3 Å². The number of rotatable bonds is 6. The van der Waals surface area contributed by atoms with E-state index >= 15 is 0 Å². The molecule has 0 aliphatic heterocycles. The highest BCUT2D eigenvalue weighted by molar-refractivity contribution is 7.89. The Labute approximate surface area is 158 Å². The molecular weight excluding hydrogens is 376 g/mol. The third kappa shape index (κ3) is 4.75. The molecule has 0 saturated carbocycles. The van der Waals surface area contributed by atoms with Crippen molar-refractivity contribution in [1.29, 1.82) is 0 Å². The smallest absolute Gasteiger partial charge is 0.255 e. The predicted molar refractivity (Wildman–Crippen MR) is 103 cm³/mol. The second-order valence-corrected chi connectivity index (χ2v) is 8.17. The molecule has 2 rings (SSSR count). The Kier molecular flexibility index (Phi) is 6.28. The van der Waals surface area contributed by atoms with Crippen LogP contribution in [0, 0.1) is 6.92 Å². The normalized spacial score (nSPS) is 11.5. The molecule has 2 aromatic carbocycles. The van der Waals surface area contributed by atoms with Crippen molar-refractivity contribution in [3.63, 3.8) is 0 Å². The summed E-state index contributed by atoms with van der Waals surface area (Å²) >= 11 is 5.92. The zero-order valence-corrected chi connectivity index (χ0v) is 16.5. The van der Waals surface area contributed by atoms with E-state index in [-0.39, 0.29) is 22.3 Å². The van der Waals surface area contributed by atoms with Gasteiger partial charge in [0.1, 0.15) is 10.6 Å². The summed E-state index contributed by atoms with van der Waals surface area (Å²) in [5.74, 6) is -0.267. The molecule has 0 radical (unpaired) electrons. The van der Waals surface area contributed by atoms with Gasteiger partial charge in [0.05, 0.1) is 7.11 Å². The van der Waals surface area contributed by atoms with Crippen molar-refractivity contribution in [3.8, 4) is 5.75 Å². The molecule has 0 spiro atoms. The number of hydrogen-bond acceptors (Lipinski definition) is 4. The lowest BCUT2D eigenvalue weighted by Gasteiger charge is -2.14. The number of carbonyl (C=O) groups is 1. The topological polar surface area (TPSA) is 84.5 Å². The van der Waals surface area contributed by atoms with E-state index in [1.165, 1.54) is 25.3 Å². The quantitative estimate of drug-likeness (QED) is 0.781. The van der Waals surface area contributed by atoms with Gasteiger partial charge in [-0.15, -0.1) is 0 Å². The number of amides is 1. The molecule has 2 aromatic rings. The Bertz CT molecular complexity index is 927. The molecule has 6 nitrogen and oxygen atoms in total. The number of hydrogen-bond donors (Lipinski definition) is 2. The highest BCUT2D eigenvalue weighted by Crippen LogP contribution is 2.26. The highest BCUT2D eigenvalue weighted by Gasteiger charge is 2.22. The second kappa shape index (κ2) is 8.07. The maximum atomic E-state index is 12.6. The first-order valence-electron chi connectivity index (χ1n) is 7.92. The summed E-state index contributed by atoms with van der Waals surface area (Å²) in [6.45, 7) is 5.24. The Morgan fingerprint density at radius 3 is 2.42 bits per heavy atom. The Balaban J connectivity index is 2.38. The van der Waals surface area contributed by atoms with E-state index in [0.29, 0.717) is 10.7 Å². The fraction of sp³-hybridized carbons (Fsp3) is 0.278. The molecule has 0 bridgehead atoms. The molecule has 0 atom stereocenters. The molecular formula is C18H21ClN2O4S. The van der Waals surface area contributed by atoms with Crippen molar-refractivity contribution in [2.24, 2.45) is 0 Å². The Morgan fingerprint density at radius 2 is 1.85 bits per heavy atom. The van der Waals surface area contributed by atoms with Gasteiger partial charge in [-0.05, 0) is 62.7 Å². The lowest BCUT2D eigenvalue weighted by Crippen LogP contribution is -2.30. The lowest BCUT2D eigenvalue weighted by molar-refractivity contribution is 0.102. The first kappa shape index (κ1) is 20.2. The molecule has 140 valence electrons. The van der Waals surface area contributed by atoms with Crippen LogP contribution in [0.25, 0.3) is 0 Å². The van der Waals surface area contributed by atoms with Gasteiger partial charge in [-0.25, -0.2) is 13.1 Å². The van der Waals surface area contributed by atoms with E-state index < -0.39 is 15.9 Å². The maximum absolute atomic E-state index is 12.6. The van der Waals surface area contributed by atoms with Crippen molar-refractivity contribution in [2.75, 3.05) is 12.4 Å². The first-order valence-corrected chi connectivity index (χ1v) is 9.78. The van der Waals surface area contributed by atoms with Crippen LogP contribution in [-0.4, -0.2) is 27.5 Å². The van der Waals surface area contributed by atoms with E-state index in [2.05, 4.69) is 10.0 Å². The van der Waals surface area contributed by atoms with Crippen LogP contribution in [0.5, 0.6) is 5.75 Å². The van der Waals surface area contributed by atoms with E-state index in [0.717, 1.165) is 5.56 Å². The van der Waals surface area contributed by atoms with E-state index in [1.807, 2.05) is 6.92 Å². The third-order valence-corrected chi connectivity index (χ3v) is 5.46. The number of nitrogens with one attached hydrogen (secondary N) is 2. The third-order valence-electron chi connectivity index (χ3n) is 3.54. The summed E-state index contributed by atoms with van der Waals surface area (Å²) < 4.78 is 32.6. The van der Waals surface area contributed by atoms with Crippen LogP contribution in [0.2, 0.25) is 5.02 Å². The number of halogens is 1. The summed E-state index contributed by atoms with van der Waals surface area (Å²) in [6.07, 6.45) is 0. The Morgan fingerprint density at radius 1 is 1.15 bits per heavy atom. The van der Waals surface area contributed by atoms with Gasteiger partial charge in [0.15, 0.2) is 0 Å². The molecule has 2 N–H and O–H groups in total. The minimum atomic E-state index is -3.82. The van der Waals surface area contributed by atoms with Crippen LogP contribution in [-0.2, 0) is 10.0 Å². The van der Waals surface area contributed by atoms with Crippen LogP contribution >= 0.6 is 11.6 Å². The molecule has 26 heavy (non-hydrogen) atoms. The number of methoxy groups -OCH3 is 1. The number of anilines is 1. The highest BCUT2D eigenvalue weighted by atomic mass is 35.5.